The summed E-state index contributed by atoms with van der Waals surface area (Å²) in [5.41, 5.74) is 1.21. The van der Waals surface area contributed by atoms with Crippen LogP contribution in [0.15, 0.2) is 42.5 Å². The SMILES string of the molecule is O=C(NCc1cccc(O)c1)c1ccc(I)c(O)c1. The number of phenolic OH excluding ortho intramolecular Hbond substituents is 2. The van der Waals surface area contributed by atoms with E-state index in [1.165, 1.54) is 6.07 Å². The number of halogens is 1. The number of aromatic hydroxyl groups is 2. The van der Waals surface area contributed by atoms with Gasteiger partial charge in [0.05, 0.1) is 3.57 Å². The van der Waals surface area contributed by atoms with E-state index in [0.717, 1.165) is 5.56 Å². The molecule has 0 radical (unpaired) electrons. The first kappa shape index (κ1) is 13.7. The molecule has 0 bridgehead atoms. The van der Waals surface area contributed by atoms with Gasteiger partial charge in [-0.15, -0.1) is 0 Å². The molecule has 98 valence electrons. The summed E-state index contributed by atoms with van der Waals surface area (Å²) in [5.74, 6) is -0.0145. The Morgan fingerprint density at radius 3 is 2.63 bits per heavy atom. The van der Waals surface area contributed by atoms with Crippen LogP contribution in [-0.2, 0) is 6.54 Å². The van der Waals surface area contributed by atoms with Crippen LogP contribution in [0.3, 0.4) is 0 Å². The molecule has 0 fully saturated rings. The van der Waals surface area contributed by atoms with E-state index in [4.69, 9.17) is 0 Å². The third-order valence-corrected chi connectivity index (χ3v) is 3.48. The molecule has 0 saturated heterocycles. The number of amides is 1. The first-order chi connectivity index (χ1) is 9.06. The number of benzene rings is 2. The van der Waals surface area contributed by atoms with Crippen molar-refractivity contribution in [3.8, 4) is 11.5 Å². The van der Waals surface area contributed by atoms with Crippen LogP contribution in [0.25, 0.3) is 0 Å². The van der Waals surface area contributed by atoms with Crippen molar-refractivity contribution < 1.29 is 15.0 Å². The number of nitrogens with one attached hydrogen (secondary N) is 1. The van der Waals surface area contributed by atoms with E-state index in [-0.39, 0.29) is 17.4 Å². The third kappa shape index (κ3) is 3.60. The first-order valence-corrected chi connectivity index (χ1v) is 6.69. The number of hydrogen-bond acceptors (Lipinski definition) is 3. The molecular weight excluding hydrogens is 357 g/mol. The lowest BCUT2D eigenvalue weighted by Gasteiger charge is -2.06. The van der Waals surface area contributed by atoms with E-state index in [1.807, 2.05) is 28.7 Å². The molecule has 0 atom stereocenters. The quantitative estimate of drug-likeness (QED) is 0.729. The van der Waals surface area contributed by atoms with Gasteiger partial charge in [0.25, 0.3) is 5.91 Å². The van der Waals surface area contributed by atoms with Gasteiger partial charge in [-0.2, -0.15) is 0 Å². The van der Waals surface area contributed by atoms with Crippen LogP contribution in [0.4, 0.5) is 0 Å². The van der Waals surface area contributed by atoms with E-state index >= 15 is 0 Å². The Bertz CT molecular complexity index is 613. The summed E-state index contributed by atoms with van der Waals surface area (Å²) in [5, 5.41) is 21.6. The van der Waals surface area contributed by atoms with Crippen molar-refractivity contribution >= 4 is 28.5 Å². The van der Waals surface area contributed by atoms with Crippen molar-refractivity contribution in [1.82, 2.24) is 5.32 Å². The first-order valence-electron chi connectivity index (χ1n) is 5.61. The Morgan fingerprint density at radius 1 is 1.16 bits per heavy atom. The molecule has 0 aromatic heterocycles. The summed E-state index contributed by atoms with van der Waals surface area (Å²) >= 11 is 1.99. The van der Waals surface area contributed by atoms with Gasteiger partial charge in [-0.25, -0.2) is 0 Å². The van der Waals surface area contributed by atoms with E-state index in [9.17, 15) is 15.0 Å². The summed E-state index contributed by atoms with van der Waals surface area (Å²) in [6.45, 7) is 0.319. The van der Waals surface area contributed by atoms with Crippen LogP contribution in [0.5, 0.6) is 11.5 Å². The number of phenols is 2. The van der Waals surface area contributed by atoms with Gasteiger partial charge < -0.3 is 15.5 Å². The maximum absolute atomic E-state index is 11.9. The van der Waals surface area contributed by atoms with E-state index in [0.29, 0.717) is 15.7 Å². The molecule has 2 rings (SSSR count). The average molecular weight is 369 g/mol. The molecule has 1 amide bonds. The average Bonchev–Trinajstić information content (AvgIpc) is 2.39. The highest BCUT2D eigenvalue weighted by Gasteiger charge is 2.08. The van der Waals surface area contributed by atoms with Crippen LogP contribution in [0, 0.1) is 3.57 Å². The van der Waals surface area contributed by atoms with Gasteiger partial charge in [0, 0.05) is 12.1 Å². The molecule has 0 unspecified atom stereocenters. The second kappa shape index (κ2) is 5.92. The summed E-state index contributed by atoms with van der Waals surface area (Å²) in [7, 11) is 0. The lowest BCUT2D eigenvalue weighted by Crippen LogP contribution is -2.22. The van der Waals surface area contributed by atoms with Crippen LogP contribution in [0.1, 0.15) is 15.9 Å². The number of rotatable bonds is 3. The van der Waals surface area contributed by atoms with Gasteiger partial charge in [0.15, 0.2) is 0 Å². The molecule has 5 heteroatoms. The van der Waals surface area contributed by atoms with Crippen LogP contribution >= 0.6 is 22.6 Å². The Balaban J connectivity index is 2.03. The van der Waals surface area contributed by atoms with Crippen molar-refractivity contribution in [3.63, 3.8) is 0 Å². The fraction of sp³-hybridized carbons (Fsp3) is 0.0714. The minimum atomic E-state index is -0.268. The zero-order chi connectivity index (χ0) is 13.8. The van der Waals surface area contributed by atoms with Crippen molar-refractivity contribution in [2.45, 2.75) is 6.54 Å². The highest BCUT2D eigenvalue weighted by atomic mass is 127. The maximum atomic E-state index is 11.9. The second-order valence-electron chi connectivity index (χ2n) is 4.02. The standard InChI is InChI=1S/C14H12INO3/c15-12-5-4-10(7-13(12)18)14(19)16-8-9-2-1-3-11(17)6-9/h1-7,17-18H,8H2,(H,16,19). The van der Waals surface area contributed by atoms with E-state index in [1.54, 1.807) is 30.3 Å². The van der Waals surface area contributed by atoms with Gasteiger partial charge >= 0.3 is 0 Å². The van der Waals surface area contributed by atoms with Gasteiger partial charge in [-0.05, 0) is 58.5 Å². The van der Waals surface area contributed by atoms with Gasteiger partial charge in [-0.3, -0.25) is 4.79 Å². The lowest BCUT2D eigenvalue weighted by atomic mass is 10.2. The number of carbonyl (C=O) groups excluding carboxylic acids is 1. The molecule has 0 heterocycles. The topological polar surface area (TPSA) is 69.6 Å². The minimum absolute atomic E-state index is 0.0885. The summed E-state index contributed by atoms with van der Waals surface area (Å²) < 4.78 is 0.696. The molecule has 3 N–H and O–H groups in total. The highest BCUT2D eigenvalue weighted by molar-refractivity contribution is 14.1. The van der Waals surface area contributed by atoms with Gasteiger partial charge in [0.1, 0.15) is 11.5 Å². The van der Waals surface area contributed by atoms with Crippen LogP contribution in [0.2, 0.25) is 0 Å². The molecule has 2 aromatic carbocycles. The van der Waals surface area contributed by atoms with Gasteiger partial charge in [-0.1, -0.05) is 12.1 Å². The van der Waals surface area contributed by atoms with E-state index < -0.39 is 0 Å². The second-order valence-corrected chi connectivity index (χ2v) is 5.18. The highest BCUT2D eigenvalue weighted by Crippen LogP contribution is 2.20. The normalized spacial score (nSPS) is 10.2. The Hall–Kier alpha value is -1.76. The summed E-state index contributed by atoms with van der Waals surface area (Å²) in [4.78, 5) is 11.9. The predicted octanol–water partition coefficient (Wildman–Crippen LogP) is 2.63. The summed E-state index contributed by atoms with van der Waals surface area (Å²) in [6, 6.07) is 11.4. The molecule has 0 aliphatic carbocycles. The van der Waals surface area contributed by atoms with E-state index in [2.05, 4.69) is 5.32 Å². The Morgan fingerprint density at radius 2 is 1.95 bits per heavy atom. The molecule has 0 spiro atoms. The zero-order valence-electron chi connectivity index (χ0n) is 9.93. The van der Waals surface area contributed by atoms with Crippen molar-refractivity contribution in [2.24, 2.45) is 0 Å². The fourth-order valence-corrected chi connectivity index (χ4v) is 1.94. The molecule has 0 aliphatic heterocycles. The molecular formula is C14H12INO3. The largest absolute Gasteiger partial charge is 0.508 e. The fourth-order valence-electron chi connectivity index (χ4n) is 1.60. The monoisotopic (exact) mass is 369 g/mol. The molecule has 0 aliphatic rings. The number of carbonyl (C=O) groups is 1. The Kier molecular flexibility index (Phi) is 4.26. The lowest BCUT2D eigenvalue weighted by molar-refractivity contribution is 0.0950. The van der Waals surface area contributed by atoms with Crippen molar-refractivity contribution in [3.05, 3.63) is 57.2 Å². The molecule has 0 saturated carbocycles. The van der Waals surface area contributed by atoms with Crippen molar-refractivity contribution in [1.29, 1.82) is 0 Å². The molecule has 19 heavy (non-hydrogen) atoms. The smallest absolute Gasteiger partial charge is 0.251 e. The third-order valence-electron chi connectivity index (χ3n) is 2.57. The van der Waals surface area contributed by atoms with Gasteiger partial charge in [0.2, 0.25) is 0 Å². The van der Waals surface area contributed by atoms with Crippen LogP contribution < -0.4 is 5.32 Å². The molecule has 4 nitrogen and oxygen atoms in total. The Labute approximate surface area is 124 Å². The zero-order valence-corrected chi connectivity index (χ0v) is 12.1. The van der Waals surface area contributed by atoms with Crippen LogP contribution in [-0.4, -0.2) is 16.1 Å². The van der Waals surface area contributed by atoms with Crippen molar-refractivity contribution in [2.75, 3.05) is 0 Å². The number of hydrogen-bond donors (Lipinski definition) is 3. The molecule has 2 aromatic rings. The maximum Gasteiger partial charge on any atom is 0.251 e. The minimum Gasteiger partial charge on any atom is -0.508 e. The summed E-state index contributed by atoms with van der Waals surface area (Å²) in [6.07, 6.45) is 0. The predicted molar refractivity (Wildman–Crippen MR) is 80.1 cm³/mol.